The van der Waals surface area contributed by atoms with Crippen LogP contribution < -0.4 is 5.32 Å². The Bertz CT molecular complexity index is 244. The van der Waals surface area contributed by atoms with E-state index in [0.717, 1.165) is 29.7 Å². The van der Waals surface area contributed by atoms with Crippen LogP contribution in [0.4, 0.5) is 0 Å². The first-order valence-corrected chi connectivity index (χ1v) is 7.69. The summed E-state index contributed by atoms with van der Waals surface area (Å²) in [6.45, 7) is 10.1. The average molecular weight is 236 g/mol. The molecular formula is C15H28N2. The Hall–Kier alpha value is -0.0800. The molecule has 0 spiro atoms. The second kappa shape index (κ2) is 4.89. The zero-order valence-corrected chi connectivity index (χ0v) is 11.5. The van der Waals surface area contributed by atoms with Crippen LogP contribution >= 0.6 is 0 Å². The normalized spacial score (nSPS) is 43.2. The molecule has 3 rings (SSSR count). The molecule has 17 heavy (non-hydrogen) atoms. The Morgan fingerprint density at radius 1 is 0.941 bits per heavy atom. The second-order valence-corrected chi connectivity index (χ2v) is 6.94. The van der Waals surface area contributed by atoms with Gasteiger partial charge in [-0.1, -0.05) is 13.8 Å². The minimum atomic E-state index is 0.901. The zero-order valence-electron chi connectivity index (χ0n) is 11.5. The molecule has 0 aromatic heterocycles. The summed E-state index contributed by atoms with van der Waals surface area (Å²) in [5, 5.41) is 3.54. The van der Waals surface area contributed by atoms with Crippen LogP contribution in [0.3, 0.4) is 0 Å². The van der Waals surface area contributed by atoms with Crippen molar-refractivity contribution < 1.29 is 0 Å². The topological polar surface area (TPSA) is 15.3 Å². The van der Waals surface area contributed by atoms with Gasteiger partial charge < -0.3 is 5.32 Å². The maximum atomic E-state index is 3.54. The van der Waals surface area contributed by atoms with Gasteiger partial charge in [0, 0.05) is 19.1 Å². The average Bonchev–Trinajstić information content (AvgIpc) is 2.89. The van der Waals surface area contributed by atoms with Crippen LogP contribution in [0, 0.1) is 23.7 Å². The van der Waals surface area contributed by atoms with Crippen molar-refractivity contribution in [3.8, 4) is 0 Å². The van der Waals surface area contributed by atoms with Gasteiger partial charge in [0.05, 0.1) is 0 Å². The number of hydrogen-bond acceptors (Lipinski definition) is 2. The van der Waals surface area contributed by atoms with Gasteiger partial charge in [-0.3, -0.25) is 4.90 Å². The van der Waals surface area contributed by atoms with E-state index in [-0.39, 0.29) is 0 Å². The summed E-state index contributed by atoms with van der Waals surface area (Å²) in [5.41, 5.74) is 0. The third kappa shape index (κ3) is 2.39. The van der Waals surface area contributed by atoms with E-state index in [4.69, 9.17) is 0 Å². The van der Waals surface area contributed by atoms with E-state index < -0.39 is 0 Å². The maximum Gasteiger partial charge on any atom is 0.00957 e. The molecule has 3 aliphatic rings. The molecule has 1 aliphatic carbocycles. The molecule has 0 aromatic rings. The summed E-state index contributed by atoms with van der Waals surface area (Å²) >= 11 is 0. The lowest BCUT2D eigenvalue weighted by Crippen LogP contribution is -2.38. The predicted octanol–water partition coefficient (Wildman–Crippen LogP) is 2.35. The first-order valence-electron chi connectivity index (χ1n) is 7.69. The molecule has 1 N–H and O–H groups in total. The minimum absolute atomic E-state index is 0.901. The largest absolute Gasteiger partial charge is 0.316 e. The molecule has 0 amide bonds. The molecule has 2 heterocycles. The number of rotatable bonds is 2. The SMILES string of the molecule is CC(C)C1CCC(N2C[C@H]3CNC[C@H]3C2)CC1. The van der Waals surface area contributed by atoms with Crippen molar-refractivity contribution in [2.24, 2.45) is 23.7 Å². The number of hydrogen-bond donors (Lipinski definition) is 1. The lowest BCUT2D eigenvalue weighted by molar-refractivity contribution is 0.139. The van der Waals surface area contributed by atoms with E-state index in [2.05, 4.69) is 24.1 Å². The Labute approximate surface area is 106 Å². The first-order chi connectivity index (χ1) is 8.24. The maximum absolute atomic E-state index is 3.54. The van der Waals surface area contributed by atoms with Crippen molar-refractivity contribution in [1.29, 1.82) is 0 Å². The number of fused-ring (bicyclic) bond motifs is 1. The first kappa shape index (κ1) is 12.0. The summed E-state index contributed by atoms with van der Waals surface area (Å²) in [6.07, 6.45) is 5.89. The zero-order chi connectivity index (χ0) is 11.8. The summed E-state index contributed by atoms with van der Waals surface area (Å²) in [7, 11) is 0. The summed E-state index contributed by atoms with van der Waals surface area (Å²) in [4.78, 5) is 2.83. The third-order valence-electron chi connectivity index (χ3n) is 5.62. The Morgan fingerprint density at radius 3 is 2.06 bits per heavy atom. The van der Waals surface area contributed by atoms with Crippen molar-refractivity contribution in [1.82, 2.24) is 10.2 Å². The van der Waals surface area contributed by atoms with Gasteiger partial charge in [0.25, 0.3) is 0 Å². The van der Waals surface area contributed by atoms with E-state index in [9.17, 15) is 0 Å². The lowest BCUT2D eigenvalue weighted by atomic mass is 9.79. The van der Waals surface area contributed by atoms with E-state index in [1.807, 2.05) is 0 Å². The molecule has 0 aromatic carbocycles. The summed E-state index contributed by atoms with van der Waals surface area (Å²) in [6, 6.07) is 0.926. The van der Waals surface area contributed by atoms with Crippen LogP contribution in [0.2, 0.25) is 0 Å². The molecular weight excluding hydrogens is 208 g/mol. The second-order valence-electron chi connectivity index (χ2n) is 6.94. The van der Waals surface area contributed by atoms with Gasteiger partial charge in [0.15, 0.2) is 0 Å². The number of likely N-dealkylation sites (tertiary alicyclic amines) is 1. The van der Waals surface area contributed by atoms with Gasteiger partial charge in [0.2, 0.25) is 0 Å². The highest BCUT2D eigenvalue weighted by molar-refractivity contribution is 4.94. The molecule has 1 saturated carbocycles. The summed E-state index contributed by atoms with van der Waals surface area (Å²) < 4.78 is 0. The molecule has 3 fully saturated rings. The van der Waals surface area contributed by atoms with Crippen LogP contribution in [-0.2, 0) is 0 Å². The van der Waals surface area contributed by atoms with E-state index in [1.54, 1.807) is 0 Å². The van der Waals surface area contributed by atoms with Crippen LogP contribution in [0.15, 0.2) is 0 Å². The monoisotopic (exact) mass is 236 g/mol. The molecule has 0 unspecified atom stereocenters. The highest BCUT2D eigenvalue weighted by atomic mass is 15.2. The molecule has 2 nitrogen and oxygen atoms in total. The van der Waals surface area contributed by atoms with E-state index in [0.29, 0.717) is 0 Å². The number of nitrogens with one attached hydrogen (secondary N) is 1. The quantitative estimate of drug-likeness (QED) is 0.792. The molecule has 0 bridgehead atoms. The van der Waals surface area contributed by atoms with Gasteiger partial charge >= 0.3 is 0 Å². The Morgan fingerprint density at radius 2 is 1.53 bits per heavy atom. The fraction of sp³-hybridized carbons (Fsp3) is 1.00. The Balaban J connectivity index is 1.51. The molecule has 2 saturated heterocycles. The van der Waals surface area contributed by atoms with Crippen molar-refractivity contribution in [2.45, 2.75) is 45.6 Å². The lowest BCUT2D eigenvalue weighted by Gasteiger charge is -2.36. The standard InChI is InChI=1S/C15H28N2/c1-11(2)12-3-5-15(6-4-12)17-9-13-7-16-8-14(13)10-17/h11-16H,3-10H2,1-2H3/t12?,13-,14+,15?. The molecule has 98 valence electrons. The van der Waals surface area contributed by atoms with Crippen LogP contribution in [0.25, 0.3) is 0 Å². The van der Waals surface area contributed by atoms with Crippen molar-refractivity contribution in [2.75, 3.05) is 26.2 Å². The molecule has 2 heteroatoms. The molecule has 2 atom stereocenters. The van der Waals surface area contributed by atoms with Crippen molar-refractivity contribution in [3.63, 3.8) is 0 Å². The third-order valence-corrected chi connectivity index (χ3v) is 5.62. The Kier molecular flexibility index (Phi) is 3.45. The molecule has 0 radical (unpaired) electrons. The predicted molar refractivity (Wildman–Crippen MR) is 72.0 cm³/mol. The fourth-order valence-electron chi connectivity index (χ4n) is 4.32. The van der Waals surface area contributed by atoms with Gasteiger partial charge in [-0.2, -0.15) is 0 Å². The van der Waals surface area contributed by atoms with E-state index >= 15 is 0 Å². The van der Waals surface area contributed by atoms with Gasteiger partial charge in [-0.25, -0.2) is 0 Å². The van der Waals surface area contributed by atoms with Gasteiger partial charge in [-0.05, 0) is 62.4 Å². The van der Waals surface area contributed by atoms with Crippen LogP contribution in [0.1, 0.15) is 39.5 Å². The van der Waals surface area contributed by atoms with Crippen LogP contribution in [-0.4, -0.2) is 37.1 Å². The number of nitrogens with zero attached hydrogens (tertiary/aromatic N) is 1. The highest BCUT2D eigenvalue weighted by Crippen LogP contribution is 2.36. The van der Waals surface area contributed by atoms with Crippen molar-refractivity contribution >= 4 is 0 Å². The minimum Gasteiger partial charge on any atom is -0.316 e. The molecule has 2 aliphatic heterocycles. The van der Waals surface area contributed by atoms with Gasteiger partial charge in [0.1, 0.15) is 0 Å². The van der Waals surface area contributed by atoms with Crippen molar-refractivity contribution in [3.05, 3.63) is 0 Å². The van der Waals surface area contributed by atoms with Gasteiger partial charge in [-0.15, -0.1) is 0 Å². The fourth-order valence-corrected chi connectivity index (χ4v) is 4.32. The smallest absolute Gasteiger partial charge is 0.00957 e. The van der Waals surface area contributed by atoms with Crippen LogP contribution in [0.5, 0.6) is 0 Å². The summed E-state index contributed by atoms with van der Waals surface area (Å²) in [5.74, 6) is 3.85. The van der Waals surface area contributed by atoms with E-state index in [1.165, 1.54) is 51.9 Å². The highest BCUT2D eigenvalue weighted by Gasteiger charge is 2.39.